The first-order valence-corrected chi connectivity index (χ1v) is 9.79. The molecule has 4 rings (SSSR count). The lowest BCUT2D eigenvalue weighted by Crippen LogP contribution is -2.45. The molecule has 0 aromatic heterocycles. The fraction of sp³-hybridized carbons (Fsp3) is 0.333. The number of carbonyl (C=O) groups excluding carboxylic acids is 2. The fourth-order valence-corrected chi connectivity index (χ4v) is 4.58. The molecule has 2 aromatic carbocycles. The van der Waals surface area contributed by atoms with Crippen molar-refractivity contribution >= 4 is 35.1 Å². The minimum absolute atomic E-state index is 0.0680. The van der Waals surface area contributed by atoms with Gasteiger partial charge >= 0.3 is 5.97 Å². The standard InChI is InChI=1S/C21H19Cl2NO3/c22-17-6-3-7-18(23)15(17)8-9-19(25)24-12-10-21(11-13-24)16-5-2-1-4-14(16)20(26)27-21/h1-7H,8-13H2. The molecule has 0 saturated carbocycles. The van der Waals surface area contributed by atoms with Gasteiger partial charge in [0, 0.05) is 48.0 Å². The molecule has 140 valence electrons. The summed E-state index contributed by atoms with van der Waals surface area (Å²) in [6.07, 6.45) is 2.10. The van der Waals surface area contributed by atoms with Crippen LogP contribution in [-0.2, 0) is 21.6 Å². The van der Waals surface area contributed by atoms with Crippen molar-refractivity contribution in [3.05, 3.63) is 69.2 Å². The number of rotatable bonds is 3. The van der Waals surface area contributed by atoms with E-state index in [1.807, 2.05) is 23.1 Å². The van der Waals surface area contributed by atoms with Crippen LogP contribution in [0.4, 0.5) is 0 Å². The molecule has 1 spiro atoms. The molecule has 0 atom stereocenters. The summed E-state index contributed by atoms with van der Waals surface area (Å²) in [7, 11) is 0. The fourth-order valence-electron chi connectivity index (χ4n) is 4.00. The monoisotopic (exact) mass is 403 g/mol. The predicted molar refractivity (Wildman–Crippen MR) is 104 cm³/mol. The summed E-state index contributed by atoms with van der Waals surface area (Å²) in [6, 6.07) is 12.9. The maximum absolute atomic E-state index is 12.6. The predicted octanol–water partition coefficient (Wildman–Crippen LogP) is 4.61. The van der Waals surface area contributed by atoms with Crippen molar-refractivity contribution in [2.24, 2.45) is 0 Å². The first-order valence-electron chi connectivity index (χ1n) is 9.04. The van der Waals surface area contributed by atoms with E-state index < -0.39 is 5.60 Å². The van der Waals surface area contributed by atoms with Crippen LogP contribution in [0.2, 0.25) is 10.0 Å². The number of fused-ring (bicyclic) bond motifs is 2. The van der Waals surface area contributed by atoms with Crippen LogP contribution >= 0.6 is 23.2 Å². The molecule has 2 aliphatic heterocycles. The van der Waals surface area contributed by atoms with E-state index >= 15 is 0 Å². The molecular formula is C21H19Cl2NO3. The van der Waals surface area contributed by atoms with Crippen molar-refractivity contribution in [3.8, 4) is 0 Å². The largest absolute Gasteiger partial charge is 0.450 e. The highest BCUT2D eigenvalue weighted by Crippen LogP contribution is 2.44. The maximum Gasteiger partial charge on any atom is 0.339 e. The van der Waals surface area contributed by atoms with Gasteiger partial charge in [-0.05, 0) is 30.2 Å². The summed E-state index contributed by atoms with van der Waals surface area (Å²) < 4.78 is 5.74. The molecule has 0 radical (unpaired) electrons. The van der Waals surface area contributed by atoms with Gasteiger partial charge in [-0.25, -0.2) is 4.79 Å². The number of benzene rings is 2. The molecule has 1 saturated heterocycles. The van der Waals surface area contributed by atoms with Crippen molar-refractivity contribution in [2.45, 2.75) is 31.3 Å². The lowest BCUT2D eigenvalue weighted by Gasteiger charge is -2.38. The van der Waals surface area contributed by atoms with Crippen LogP contribution in [0.1, 0.15) is 40.7 Å². The first-order chi connectivity index (χ1) is 13.0. The number of hydrogen-bond donors (Lipinski definition) is 0. The molecule has 1 amide bonds. The lowest BCUT2D eigenvalue weighted by atomic mass is 9.83. The zero-order valence-corrected chi connectivity index (χ0v) is 16.2. The quantitative estimate of drug-likeness (QED) is 0.702. The molecule has 2 aromatic rings. The van der Waals surface area contributed by atoms with Gasteiger partial charge in [0.1, 0.15) is 5.60 Å². The molecule has 2 heterocycles. The van der Waals surface area contributed by atoms with Gasteiger partial charge in [0.15, 0.2) is 0 Å². The minimum atomic E-state index is -0.587. The second kappa shape index (κ2) is 7.17. The molecule has 0 N–H and O–H groups in total. The summed E-state index contributed by atoms with van der Waals surface area (Å²) >= 11 is 12.4. The Kier molecular flexibility index (Phi) is 4.87. The SMILES string of the molecule is O=C1OC2(CCN(C(=O)CCc3c(Cl)cccc3Cl)CC2)c2ccccc21. The average Bonchev–Trinajstić information content (AvgIpc) is 2.94. The Morgan fingerprint density at radius 2 is 1.70 bits per heavy atom. The van der Waals surface area contributed by atoms with Crippen molar-refractivity contribution < 1.29 is 14.3 Å². The summed E-state index contributed by atoms with van der Waals surface area (Å²) in [5.41, 5.74) is 1.81. The number of hydrogen-bond acceptors (Lipinski definition) is 3. The zero-order valence-electron chi connectivity index (χ0n) is 14.7. The molecule has 0 aliphatic carbocycles. The molecule has 0 bridgehead atoms. The normalized spacial score (nSPS) is 17.7. The number of likely N-dealkylation sites (tertiary alicyclic amines) is 1. The van der Waals surface area contributed by atoms with Crippen LogP contribution in [-0.4, -0.2) is 29.9 Å². The summed E-state index contributed by atoms with van der Waals surface area (Å²) in [4.78, 5) is 26.6. The van der Waals surface area contributed by atoms with E-state index in [0.717, 1.165) is 11.1 Å². The van der Waals surface area contributed by atoms with E-state index in [1.165, 1.54) is 0 Å². The third-order valence-electron chi connectivity index (χ3n) is 5.50. The molecular weight excluding hydrogens is 385 g/mol. The van der Waals surface area contributed by atoms with Gasteiger partial charge in [0.25, 0.3) is 0 Å². The van der Waals surface area contributed by atoms with Crippen molar-refractivity contribution in [2.75, 3.05) is 13.1 Å². The van der Waals surface area contributed by atoms with Gasteiger partial charge in [0.2, 0.25) is 5.91 Å². The molecule has 6 heteroatoms. The Labute approximate surface area is 168 Å². The highest BCUT2D eigenvalue weighted by molar-refractivity contribution is 6.36. The maximum atomic E-state index is 12.6. The second-order valence-electron chi connectivity index (χ2n) is 7.01. The molecule has 2 aliphatic rings. The molecule has 27 heavy (non-hydrogen) atoms. The Morgan fingerprint density at radius 1 is 1.04 bits per heavy atom. The number of piperidine rings is 1. The minimum Gasteiger partial charge on any atom is -0.450 e. The van der Waals surface area contributed by atoms with E-state index in [4.69, 9.17) is 27.9 Å². The van der Waals surface area contributed by atoms with E-state index in [2.05, 4.69) is 0 Å². The Morgan fingerprint density at radius 3 is 2.41 bits per heavy atom. The van der Waals surface area contributed by atoms with Gasteiger partial charge < -0.3 is 9.64 Å². The third kappa shape index (κ3) is 3.32. The van der Waals surface area contributed by atoms with Crippen molar-refractivity contribution in [3.63, 3.8) is 0 Å². The van der Waals surface area contributed by atoms with Crippen LogP contribution < -0.4 is 0 Å². The number of nitrogens with zero attached hydrogens (tertiary/aromatic N) is 1. The number of halogens is 2. The molecule has 1 fully saturated rings. The van der Waals surface area contributed by atoms with Gasteiger partial charge in [-0.1, -0.05) is 47.5 Å². The number of esters is 1. The van der Waals surface area contributed by atoms with Gasteiger partial charge in [0.05, 0.1) is 5.56 Å². The van der Waals surface area contributed by atoms with Crippen LogP contribution in [0.15, 0.2) is 42.5 Å². The molecule has 4 nitrogen and oxygen atoms in total. The van der Waals surface area contributed by atoms with Crippen LogP contribution in [0.5, 0.6) is 0 Å². The van der Waals surface area contributed by atoms with E-state index in [0.29, 0.717) is 54.4 Å². The van der Waals surface area contributed by atoms with E-state index in [-0.39, 0.29) is 11.9 Å². The lowest BCUT2D eigenvalue weighted by molar-refractivity contribution is -0.135. The first kappa shape index (κ1) is 18.3. The van der Waals surface area contributed by atoms with Gasteiger partial charge in [-0.3, -0.25) is 4.79 Å². The van der Waals surface area contributed by atoms with Crippen molar-refractivity contribution in [1.29, 1.82) is 0 Å². The smallest absolute Gasteiger partial charge is 0.339 e. The Balaban J connectivity index is 1.40. The van der Waals surface area contributed by atoms with E-state index in [9.17, 15) is 9.59 Å². The number of amides is 1. The highest BCUT2D eigenvalue weighted by atomic mass is 35.5. The van der Waals surface area contributed by atoms with E-state index in [1.54, 1.807) is 24.3 Å². The second-order valence-corrected chi connectivity index (χ2v) is 7.82. The Hall–Kier alpha value is -2.04. The van der Waals surface area contributed by atoms with Gasteiger partial charge in [-0.2, -0.15) is 0 Å². The van der Waals surface area contributed by atoms with Crippen LogP contribution in [0.3, 0.4) is 0 Å². The topological polar surface area (TPSA) is 46.6 Å². The number of ether oxygens (including phenoxy) is 1. The van der Waals surface area contributed by atoms with Crippen LogP contribution in [0, 0.1) is 0 Å². The zero-order chi connectivity index (χ0) is 19.0. The van der Waals surface area contributed by atoms with Crippen LogP contribution in [0.25, 0.3) is 0 Å². The van der Waals surface area contributed by atoms with Crippen molar-refractivity contribution in [1.82, 2.24) is 4.90 Å². The summed E-state index contributed by atoms with van der Waals surface area (Å²) in [6.45, 7) is 1.13. The molecule has 0 unspecified atom stereocenters. The average molecular weight is 404 g/mol. The Bertz CT molecular complexity index is 884. The number of carbonyl (C=O) groups is 2. The van der Waals surface area contributed by atoms with Gasteiger partial charge in [-0.15, -0.1) is 0 Å². The summed E-state index contributed by atoms with van der Waals surface area (Å²) in [5.74, 6) is -0.197. The summed E-state index contributed by atoms with van der Waals surface area (Å²) in [5, 5.41) is 1.17. The highest BCUT2D eigenvalue weighted by Gasteiger charge is 2.47. The third-order valence-corrected chi connectivity index (χ3v) is 6.21.